The van der Waals surface area contributed by atoms with E-state index in [2.05, 4.69) is 20.6 Å². The first-order valence-electron chi connectivity index (χ1n) is 10.6. The molecular formula is C22H25F3N6O2. The molecule has 1 unspecified atom stereocenters. The number of aromatic nitrogens is 2. The summed E-state index contributed by atoms with van der Waals surface area (Å²) in [6, 6.07) is 3.92. The first-order valence-corrected chi connectivity index (χ1v) is 10.6. The molecule has 1 fully saturated rings. The van der Waals surface area contributed by atoms with E-state index in [-0.39, 0.29) is 29.5 Å². The summed E-state index contributed by atoms with van der Waals surface area (Å²) in [5.74, 6) is 0.503. The number of alkyl halides is 3. The number of rotatable bonds is 4. The molecule has 11 heteroatoms. The standard InChI is InChI=1S/C22H25F3N6O2/c1-11(2)17-19(32)28-16-12(3)26-21(29-18(16)30(17)4)27-15-9-31(10-15)20(33)13-6-5-7-14(8-13)22(23,24)25/h5-8,11,15,17H,9-10H2,1-4H3,(H,28,32)(H,26,27,29). The van der Waals surface area contributed by atoms with Crippen molar-refractivity contribution in [1.82, 2.24) is 14.9 Å². The third-order valence-corrected chi connectivity index (χ3v) is 5.91. The van der Waals surface area contributed by atoms with Gasteiger partial charge in [-0.2, -0.15) is 18.2 Å². The lowest BCUT2D eigenvalue weighted by atomic mass is 9.99. The SMILES string of the molecule is Cc1nc(NC2CN(C(=O)c3cccc(C(F)(F)F)c3)C2)nc2c1NC(=O)C(C(C)C)N2C. The molecule has 1 aromatic carbocycles. The summed E-state index contributed by atoms with van der Waals surface area (Å²) in [4.78, 5) is 37.3. The van der Waals surface area contributed by atoms with Crippen molar-refractivity contribution in [2.45, 2.75) is 39.0 Å². The van der Waals surface area contributed by atoms with Crippen LogP contribution in [0.2, 0.25) is 0 Å². The number of likely N-dealkylation sites (N-methyl/N-ethyl adjacent to an activating group) is 1. The van der Waals surface area contributed by atoms with E-state index < -0.39 is 17.6 Å². The second kappa shape index (κ2) is 8.20. The maximum Gasteiger partial charge on any atom is 0.416 e. The second-order valence-electron chi connectivity index (χ2n) is 8.75. The highest BCUT2D eigenvalue weighted by atomic mass is 19.4. The molecule has 1 atom stereocenters. The van der Waals surface area contributed by atoms with Crippen LogP contribution in [0.3, 0.4) is 0 Å². The van der Waals surface area contributed by atoms with Gasteiger partial charge in [-0.25, -0.2) is 4.98 Å². The Morgan fingerprint density at radius 3 is 2.58 bits per heavy atom. The number of amides is 2. The number of carbonyl (C=O) groups excluding carboxylic acids is 2. The molecule has 0 aliphatic carbocycles. The van der Waals surface area contributed by atoms with Gasteiger partial charge < -0.3 is 20.4 Å². The number of halogens is 3. The van der Waals surface area contributed by atoms with Gasteiger partial charge in [0, 0.05) is 25.7 Å². The van der Waals surface area contributed by atoms with Gasteiger partial charge in [0.15, 0.2) is 5.82 Å². The number of aryl methyl sites for hydroxylation is 1. The highest BCUT2D eigenvalue weighted by molar-refractivity contribution is 6.03. The van der Waals surface area contributed by atoms with E-state index in [1.807, 2.05) is 25.8 Å². The van der Waals surface area contributed by atoms with E-state index in [9.17, 15) is 22.8 Å². The molecular weight excluding hydrogens is 437 g/mol. The second-order valence-corrected chi connectivity index (χ2v) is 8.75. The van der Waals surface area contributed by atoms with Crippen LogP contribution in [0.25, 0.3) is 0 Å². The van der Waals surface area contributed by atoms with Crippen molar-refractivity contribution < 1.29 is 22.8 Å². The number of nitrogens with zero attached hydrogens (tertiary/aromatic N) is 4. The van der Waals surface area contributed by atoms with Gasteiger partial charge in [0.05, 0.1) is 17.3 Å². The van der Waals surface area contributed by atoms with E-state index in [1.165, 1.54) is 17.0 Å². The fraction of sp³-hybridized carbons (Fsp3) is 0.455. The summed E-state index contributed by atoms with van der Waals surface area (Å²) in [6.45, 7) is 6.33. The average molecular weight is 462 g/mol. The monoisotopic (exact) mass is 462 g/mol. The fourth-order valence-electron chi connectivity index (χ4n) is 4.21. The number of carbonyl (C=O) groups is 2. The van der Waals surface area contributed by atoms with Crippen molar-refractivity contribution in [3.8, 4) is 0 Å². The highest BCUT2D eigenvalue weighted by Crippen LogP contribution is 2.34. The molecule has 2 aliphatic rings. The topological polar surface area (TPSA) is 90.5 Å². The van der Waals surface area contributed by atoms with Crippen LogP contribution < -0.4 is 15.5 Å². The van der Waals surface area contributed by atoms with Gasteiger partial charge >= 0.3 is 6.18 Å². The molecule has 0 spiro atoms. The highest BCUT2D eigenvalue weighted by Gasteiger charge is 2.37. The van der Waals surface area contributed by atoms with E-state index in [0.29, 0.717) is 36.2 Å². The summed E-state index contributed by atoms with van der Waals surface area (Å²) in [6.07, 6.45) is -4.50. The molecule has 2 aliphatic heterocycles. The fourth-order valence-corrected chi connectivity index (χ4v) is 4.21. The molecule has 33 heavy (non-hydrogen) atoms. The first-order chi connectivity index (χ1) is 15.5. The van der Waals surface area contributed by atoms with E-state index in [1.54, 1.807) is 6.92 Å². The van der Waals surface area contributed by atoms with Gasteiger partial charge in [0.2, 0.25) is 11.9 Å². The molecule has 3 heterocycles. The summed E-state index contributed by atoms with van der Waals surface area (Å²) in [5, 5.41) is 6.07. The quantitative estimate of drug-likeness (QED) is 0.726. The zero-order valence-corrected chi connectivity index (χ0v) is 18.7. The Balaban J connectivity index is 1.44. The molecule has 176 valence electrons. The van der Waals surface area contributed by atoms with Crippen molar-refractivity contribution in [1.29, 1.82) is 0 Å². The van der Waals surface area contributed by atoms with Gasteiger partial charge in [-0.3, -0.25) is 9.59 Å². The van der Waals surface area contributed by atoms with Crippen LogP contribution in [0.5, 0.6) is 0 Å². The summed E-state index contributed by atoms with van der Waals surface area (Å²) in [7, 11) is 1.82. The van der Waals surface area contributed by atoms with Crippen LogP contribution in [0, 0.1) is 12.8 Å². The minimum Gasteiger partial charge on any atom is -0.348 e. The zero-order chi connectivity index (χ0) is 24.1. The first kappa shape index (κ1) is 22.8. The van der Waals surface area contributed by atoms with Crippen molar-refractivity contribution >= 4 is 29.3 Å². The molecule has 1 aromatic heterocycles. The summed E-state index contributed by atoms with van der Waals surface area (Å²) < 4.78 is 38.8. The van der Waals surface area contributed by atoms with Gasteiger partial charge in [-0.05, 0) is 31.0 Å². The maximum atomic E-state index is 12.9. The number of hydrogen-bond donors (Lipinski definition) is 2. The lowest BCUT2D eigenvalue weighted by molar-refractivity contribution is -0.137. The van der Waals surface area contributed by atoms with Crippen molar-refractivity contribution in [3.05, 3.63) is 41.1 Å². The van der Waals surface area contributed by atoms with Crippen molar-refractivity contribution in [3.63, 3.8) is 0 Å². The van der Waals surface area contributed by atoms with E-state index >= 15 is 0 Å². The number of fused-ring (bicyclic) bond motifs is 1. The van der Waals surface area contributed by atoms with Gasteiger partial charge in [0.25, 0.3) is 5.91 Å². The van der Waals surface area contributed by atoms with Crippen LogP contribution in [0.4, 0.5) is 30.6 Å². The third kappa shape index (κ3) is 4.31. The number of likely N-dealkylation sites (tertiary alicyclic amines) is 1. The molecule has 4 rings (SSSR count). The maximum absolute atomic E-state index is 12.9. The molecule has 0 bridgehead atoms. The predicted octanol–water partition coefficient (Wildman–Crippen LogP) is 3.15. The number of hydrogen-bond acceptors (Lipinski definition) is 6. The smallest absolute Gasteiger partial charge is 0.348 e. The Labute approximate surface area is 189 Å². The molecule has 2 amide bonds. The number of benzene rings is 1. The Hall–Kier alpha value is -3.37. The van der Waals surface area contributed by atoms with Crippen LogP contribution >= 0.6 is 0 Å². The molecule has 8 nitrogen and oxygen atoms in total. The minimum atomic E-state index is -4.50. The molecule has 2 N–H and O–H groups in total. The summed E-state index contributed by atoms with van der Waals surface area (Å²) >= 11 is 0. The lowest BCUT2D eigenvalue weighted by Crippen LogP contribution is -2.57. The average Bonchev–Trinajstić information content (AvgIpc) is 2.70. The minimum absolute atomic E-state index is 0.00115. The number of anilines is 3. The Morgan fingerprint density at radius 1 is 1.24 bits per heavy atom. The molecule has 0 saturated carbocycles. The molecule has 1 saturated heterocycles. The van der Waals surface area contributed by atoms with E-state index in [4.69, 9.17) is 0 Å². The zero-order valence-electron chi connectivity index (χ0n) is 18.7. The van der Waals surface area contributed by atoms with Crippen LogP contribution in [-0.4, -0.2) is 58.9 Å². The third-order valence-electron chi connectivity index (χ3n) is 5.91. The lowest BCUT2D eigenvalue weighted by Gasteiger charge is -2.40. The largest absolute Gasteiger partial charge is 0.416 e. The van der Waals surface area contributed by atoms with Crippen LogP contribution in [0.15, 0.2) is 24.3 Å². The molecule has 0 radical (unpaired) electrons. The predicted molar refractivity (Wildman–Crippen MR) is 117 cm³/mol. The van der Waals surface area contributed by atoms with E-state index in [0.717, 1.165) is 12.1 Å². The Bertz CT molecular complexity index is 1100. The van der Waals surface area contributed by atoms with Crippen molar-refractivity contribution in [2.75, 3.05) is 35.7 Å². The van der Waals surface area contributed by atoms with Gasteiger partial charge in [-0.15, -0.1) is 0 Å². The molecule has 2 aromatic rings. The normalized spacial score (nSPS) is 18.7. The van der Waals surface area contributed by atoms with Gasteiger partial charge in [-0.1, -0.05) is 19.9 Å². The van der Waals surface area contributed by atoms with Crippen LogP contribution in [0.1, 0.15) is 35.5 Å². The Kier molecular flexibility index (Phi) is 5.67. The number of nitrogens with one attached hydrogen (secondary N) is 2. The Morgan fingerprint density at radius 2 is 1.94 bits per heavy atom. The van der Waals surface area contributed by atoms with Crippen LogP contribution in [-0.2, 0) is 11.0 Å². The summed E-state index contributed by atoms with van der Waals surface area (Å²) in [5.41, 5.74) is 0.333. The van der Waals surface area contributed by atoms with Gasteiger partial charge in [0.1, 0.15) is 11.7 Å². The van der Waals surface area contributed by atoms with Crippen molar-refractivity contribution in [2.24, 2.45) is 5.92 Å².